The first-order valence-electron chi connectivity index (χ1n) is 9.10. The lowest BCUT2D eigenvalue weighted by molar-refractivity contribution is 0.0244. The Labute approximate surface area is 163 Å². The summed E-state index contributed by atoms with van der Waals surface area (Å²) in [4.78, 5) is 20.3. The van der Waals surface area contributed by atoms with Crippen LogP contribution in [0.4, 0.5) is 21.7 Å². The molecule has 1 aliphatic rings. The van der Waals surface area contributed by atoms with Crippen LogP contribution in [-0.2, 0) is 4.74 Å². The molecule has 2 aromatic rings. The summed E-state index contributed by atoms with van der Waals surface area (Å²) in [6.45, 7) is 1.31. The summed E-state index contributed by atoms with van der Waals surface area (Å²) < 4.78 is 19.6. The third-order valence-corrected chi connectivity index (χ3v) is 5.22. The number of aromatic nitrogens is 2. The van der Waals surface area contributed by atoms with E-state index < -0.39 is 11.7 Å². The fourth-order valence-corrected chi connectivity index (χ4v) is 3.63. The number of halogens is 1. The minimum absolute atomic E-state index is 0.171. The summed E-state index contributed by atoms with van der Waals surface area (Å²) in [7, 11) is 6.06. The highest BCUT2D eigenvalue weighted by molar-refractivity contribution is 5.98. The lowest BCUT2D eigenvalue weighted by Crippen LogP contribution is -2.62. The quantitative estimate of drug-likeness (QED) is 0.646. The number of hydrogen-bond donors (Lipinski definition) is 3. The molecular weight excluding hydrogens is 363 g/mol. The first kappa shape index (κ1) is 20.1. The minimum atomic E-state index is -0.615. The number of hydrogen-bond acceptors (Lipinski definition) is 6. The molecular formula is C19H26FN6O2+. The van der Waals surface area contributed by atoms with Crippen molar-refractivity contribution in [3.05, 3.63) is 42.0 Å². The third-order valence-electron chi connectivity index (χ3n) is 5.22. The molecule has 2 aromatic heterocycles. The predicted molar refractivity (Wildman–Crippen MR) is 106 cm³/mol. The van der Waals surface area contributed by atoms with Gasteiger partial charge in [0.15, 0.2) is 0 Å². The molecule has 1 fully saturated rings. The maximum absolute atomic E-state index is 13.5. The van der Waals surface area contributed by atoms with Gasteiger partial charge in [0.1, 0.15) is 17.7 Å². The van der Waals surface area contributed by atoms with Gasteiger partial charge < -0.3 is 21.1 Å². The highest BCUT2D eigenvalue weighted by Gasteiger charge is 2.40. The smallest absolute Gasteiger partial charge is 0.252 e. The molecule has 0 radical (unpaired) electrons. The van der Waals surface area contributed by atoms with Crippen LogP contribution in [0.1, 0.15) is 16.8 Å². The molecule has 8 nitrogen and oxygen atoms in total. The van der Waals surface area contributed by atoms with Crippen LogP contribution >= 0.6 is 0 Å². The lowest BCUT2D eigenvalue weighted by Gasteiger charge is -2.42. The number of likely N-dealkylation sites (N-methyl/N-ethyl adjacent to an activating group) is 2. The van der Waals surface area contributed by atoms with Crippen LogP contribution in [0.5, 0.6) is 0 Å². The number of ether oxygens (including phenoxy) is 1. The monoisotopic (exact) mass is 389 g/mol. The zero-order valence-corrected chi connectivity index (χ0v) is 16.3. The topological polar surface area (TPSA) is 102 Å². The maximum Gasteiger partial charge on any atom is 0.252 e. The van der Waals surface area contributed by atoms with E-state index in [0.717, 1.165) is 18.4 Å². The average Bonchev–Trinajstić information content (AvgIpc) is 2.67. The van der Waals surface area contributed by atoms with Gasteiger partial charge in [0, 0.05) is 18.6 Å². The fourth-order valence-electron chi connectivity index (χ4n) is 3.63. The number of nitrogens with one attached hydrogen (secondary N) is 2. The number of anilines is 2. The van der Waals surface area contributed by atoms with Crippen LogP contribution in [0.15, 0.2) is 30.6 Å². The molecule has 2 atom stereocenters. The molecule has 9 heteroatoms. The van der Waals surface area contributed by atoms with Gasteiger partial charge in [-0.2, -0.15) is 4.98 Å². The van der Waals surface area contributed by atoms with E-state index in [2.05, 4.69) is 34.7 Å². The van der Waals surface area contributed by atoms with Gasteiger partial charge in [0.05, 0.1) is 57.0 Å². The molecule has 1 saturated heterocycles. The van der Waals surface area contributed by atoms with Crippen molar-refractivity contribution >= 4 is 23.2 Å². The number of quaternary nitrogens is 1. The molecule has 4 N–H and O–H groups in total. The molecule has 3 heterocycles. The Morgan fingerprint density at radius 2 is 2.14 bits per heavy atom. The Balaban J connectivity index is 1.98. The molecule has 0 bridgehead atoms. The van der Waals surface area contributed by atoms with Gasteiger partial charge in [0.2, 0.25) is 5.82 Å². The van der Waals surface area contributed by atoms with E-state index in [4.69, 9.17) is 10.5 Å². The molecule has 1 aliphatic heterocycles. The molecule has 0 saturated carbocycles. The summed E-state index contributed by atoms with van der Waals surface area (Å²) in [5.74, 6) is -0.0759. The highest BCUT2D eigenvalue weighted by atomic mass is 19.1. The largest absolute Gasteiger partial charge is 0.379 e. The third kappa shape index (κ3) is 4.11. The number of carbonyl (C=O) groups excluding carboxylic acids is 1. The van der Waals surface area contributed by atoms with Crippen molar-refractivity contribution in [2.24, 2.45) is 5.73 Å². The lowest BCUT2D eigenvalue weighted by atomic mass is 9.99. The maximum atomic E-state index is 13.5. The van der Waals surface area contributed by atoms with Crippen LogP contribution in [-0.4, -0.2) is 62.3 Å². The number of nitrogens with zero attached hydrogens (tertiary/aromatic N) is 3. The number of carbonyl (C=O) groups is 1. The Bertz CT molecular complexity index is 860. The molecule has 28 heavy (non-hydrogen) atoms. The highest BCUT2D eigenvalue weighted by Crippen LogP contribution is 2.29. The van der Waals surface area contributed by atoms with E-state index in [0.29, 0.717) is 23.4 Å². The average molecular weight is 389 g/mol. The second kappa shape index (κ2) is 8.17. The van der Waals surface area contributed by atoms with Gasteiger partial charge in [-0.15, -0.1) is 0 Å². The second-order valence-corrected chi connectivity index (χ2v) is 7.31. The Hall–Kier alpha value is -2.62. The fraction of sp³-hybridized carbons (Fsp3) is 0.421. The number of pyridine rings is 2. The van der Waals surface area contributed by atoms with E-state index in [1.165, 1.54) is 12.3 Å². The van der Waals surface area contributed by atoms with Crippen molar-refractivity contribution in [3.63, 3.8) is 0 Å². The van der Waals surface area contributed by atoms with Crippen LogP contribution < -0.4 is 20.9 Å². The van der Waals surface area contributed by atoms with E-state index in [1.807, 2.05) is 7.05 Å². The summed E-state index contributed by atoms with van der Waals surface area (Å²) in [6, 6.07) is 5.13. The van der Waals surface area contributed by atoms with Gasteiger partial charge in [-0.3, -0.25) is 14.3 Å². The van der Waals surface area contributed by atoms with Crippen LogP contribution in [0, 0.1) is 5.82 Å². The van der Waals surface area contributed by atoms with Crippen LogP contribution in [0.2, 0.25) is 0 Å². The Morgan fingerprint density at radius 3 is 2.82 bits per heavy atom. The molecule has 2 unspecified atom stereocenters. The van der Waals surface area contributed by atoms with Crippen molar-refractivity contribution in [1.29, 1.82) is 0 Å². The number of rotatable bonds is 6. The Morgan fingerprint density at radius 1 is 1.36 bits per heavy atom. The predicted octanol–water partition coefficient (Wildman–Crippen LogP) is 1.40. The standard InChI is InChI=1S/C19H25FN6O2/c1-22-15-11-28-7-6-16(15)26(2,3)17-5-4-14(18(21)27)19(25-17)24-13-8-12(20)9-23-10-13/h4-5,8-10,15-16,22H,6-7,11H2,1-3H3,(H2-,21,24,25,27)/p+1. The van der Waals surface area contributed by atoms with Crippen LogP contribution in [0.25, 0.3) is 0 Å². The minimum Gasteiger partial charge on any atom is -0.379 e. The van der Waals surface area contributed by atoms with Crippen molar-refractivity contribution in [3.8, 4) is 0 Å². The number of nitrogens with two attached hydrogens (primary N) is 1. The molecule has 3 rings (SSSR count). The van der Waals surface area contributed by atoms with E-state index >= 15 is 0 Å². The first-order valence-corrected chi connectivity index (χ1v) is 9.10. The normalized spacial score (nSPS) is 20.0. The number of amides is 1. The van der Waals surface area contributed by atoms with E-state index in [9.17, 15) is 9.18 Å². The summed E-state index contributed by atoms with van der Waals surface area (Å²) in [5, 5.41) is 6.28. The van der Waals surface area contributed by atoms with E-state index in [-0.39, 0.29) is 23.5 Å². The van der Waals surface area contributed by atoms with Gasteiger partial charge in [0.25, 0.3) is 5.91 Å². The molecule has 0 spiro atoms. The first-order chi connectivity index (χ1) is 13.3. The SMILES string of the molecule is CNC1COCCC1[N+](C)(C)c1ccc(C(N)=O)c(Nc2cncc(F)c2)n1. The van der Waals surface area contributed by atoms with Gasteiger partial charge in [-0.25, -0.2) is 4.39 Å². The van der Waals surface area contributed by atoms with Crippen molar-refractivity contribution in [2.45, 2.75) is 18.5 Å². The van der Waals surface area contributed by atoms with Crippen molar-refractivity contribution in [1.82, 2.24) is 19.8 Å². The van der Waals surface area contributed by atoms with Crippen molar-refractivity contribution in [2.75, 3.05) is 39.7 Å². The summed E-state index contributed by atoms with van der Waals surface area (Å²) >= 11 is 0. The summed E-state index contributed by atoms with van der Waals surface area (Å²) in [5.41, 5.74) is 6.12. The Kier molecular flexibility index (Phi) is 5.87. The number of primary amides is 1. The summed E-state index contributed by atoms with van der Waals surface area (Å²) in [6.07, 6.45) is 3.43. The second-order valence-electron chi connectivity index (χ2n) is 7.31. The zero-order chi connectivity index (χ0) is 20.3. The molecule has 0 aromatic carbocycles. The zero-order valence-electron chi connectivity index (χ0n) is 16.3. The van der Waals surface area contributed by atoms with Gasteiger partial charge in [-0.05, 0) is 13.1 Å². The molecule has 150 valence electrons. The van der Waals surface area contributed by atoms with Crippen molar-refractivity contribution < 1.29 is 13.9 Å². The van der Waals surface area contributed by atoms with E-state index in [1.54, 1.807) is 12.1 Å². The van der Waals surface area contributed by atoms with Gasteiger partial charge >= 0.3 is 0 Å². The van der Waals surface area contributed by atoms with Gasteiger partial charge in [-0.1, -0.05) is 0 Å². The molecule has 0 aliphatic carbocycles. The molecule has 1 amide bonds. The van der Waals surface area contributed by atoms with Crippen LogP contribution in [0.3, 0.4) is 0 Å².